The van der Waals surface area contributed by atoms with Crippen molar-refractivity contribution in [2.24, 2.45) is 0 Å². The zero-order valence-corrected chi connectivity index (χ0v) is 13.8. The molecule has 0 bridgehead atoms. The van der Waals surface area contributed by atoms with E-state index >= 15 is 0 Å². The molecule has 5 rings (SSSR count). The van der Waals surface area contributed by atoms with Crippen molar-refractivity contribution >= 4 is 22.9 Å². The zero-order valence-electron chi connectivity index (χ0n) is 13.8. The highest BCUT2D eigenvalue weighted by molar-refractivity contribution is 5.64. The summed E-state index contributed by atoms with van der Waals surface area (Å²) >= 11 is 0. The van der Waals surface area contributed by atoms with Gasteiger partial charge in [0.1, 0.15) is 12.1 Å². The Morgan fingerprint density at radius 2 is 1.88 bits per heavy atom. The number of aryl methyl sites for hydroxylation is 1. The van der Waals surface area contributed by atoms with E-state index in [1.54, 1.807) is 18.7 Å². The molecule has 9 heteroatoms. The van der Waals surface area contributed by atoms with E-state index in [4.69, 9.17) is 0 Å². The first kappa shape index (κ1) is 14.1. The van der Waals surface area contributed by atoms with Crippen LogP contribution in [0, 0.1) is 6.92 Å². The lowest BCUT2D eigenvalue weighted by Gasteiger charge is -2.36. The van der Waals surface area contributed by atoms with Crippen molar-refractivity contribution in [1.29, 1.82) is 0 Å². The Hall–Kier alpha value is -3.23. The molecule has 1 fully saturated rings. The SMILES string of the molecule is Cc1cc(N2CCN(c3nccn4cnnc34)CC2)n2nccc2n1. The quantitative estimate of drug-likeness (QED) is 0.536. The summed E-state index contributed by atoms with van der Waals surface area (Å²) in [4.78, 5) is 13.6. The fourth-order valence-electron chi connectivity index (χ4n) is 3.36. The normalized spacial score (nSPS) is 15.4. The number of nitrogens with zero attached hydrogens (tertiary/aromatic N) is 9. The van der Waals surface area contributed by atoms with Crippen LogP contribution in [0.25, 0.3) is 11.3 Å². The molecular formula is C16H17N9. The van der Waals surface area contributed by atoms with Crippen LogP contribution in [-0.4, -0.2) is 60.4 Å². The summed E-state index contributed by atoms with van der Waals surface area (Å²) in [5.41, 5.74) is 2.68. The minimum absolute atomic E-state index is 0.796. The Kier molecular flexibility index (Phi) is 3.06. The van der Waals surface area contributed by atoms with Crippen molar-refractivity contribution in [2.45, 2.75) is 6.92 Å². The molecule has 0 atom stereocenters. The van der Waals surface area contributed by atoms with Crippen LogP contribution in [-0.2, 0) is 0 Å². The molecule has 0 spiro atoms. The first-order valence-corrected chi connectivity index (χ1v) is 8.25. The fourth-order valence-corrected chi connectivity index (χ4v) is 3.36. The summed E-state index contributed by atoms with van der Waals surface area (Å²) in [6.07, 6.45) is 7.14. The second-order valence-corrected chi connectivity index (χ2v) is 6.14. The lowest BCUT2D eigenvalue weighted by atomic mass is 10.3. The van der Waals surface area contributed by atoms with Gasteiger partial charge < -0.3 is 9.80 Å². The topological polar surface area (TPSA) is 79.8 Å². The standard InChI is InChI=1S/C16H17N9/c1-12-10-14(25-13(20-12)2-3-19-25)22-6-8-23(9-7-22)15-16-21-18-11-24(16)5-4-17-15/h2-5,10-11H,6-9H2,1H3. The van der Waals surface area contributed by atoms with Crippen molar-refractivity contribution in [1.82, 2.24) is 34.2 Å². The molecule has 0 N–H and O–H groups in total. The van der Waals surface area contributed by atoms with Gasteiger partial charge in [-0.25, -0.2) is 9.97 Å². The maximum atomic E-state index is 4.52. The maximum absolute atomic E-state index is 4.52. The minimum Gasteiger partial charge on any atom is -0.353 e. The van der Waals surface area contributed by atoms with Gasteiger partial charge in [-0.3, -0.25) is 4.40 Å². The van der Waals surface area contributed by atoms with Gasteiger partial charge in [-0.05, 0) is 6.92 Å². The minimum atomic E-state index is 0.796. The third-order valence-corrected chi connectivity index (χ3v) is 4.57. The molecular weight excluding hydrogens is 318 g/mol. The van der Waals surface area contributed by atoms with Gasteiger partial charge in [0.15, 0.2) is 11.5 Å². The third kappa shape index (κ3) is 2.27. The summed E-state index contributed by atoms with van der Waals surface area (Å²) in [6, 6.07) is 4.02. The van der Waals surface area contributed by atoms with Gasteiger partial charge in [-0.15, -0.1) is 10.2 Å². The maximum Gasteiger partial charge on any atom is 0.203 e. The Bertz CT molecular complexity index is 1040. The monoisotopic (exact) mass is 335 g/mol. The zero-order chi connectivity index (χ0) is 16.8. The van der Waals surface area contributed by atoms with Crippen LogP contribution in [0.4, 0.5) is 11.6 Å². The van der Waals surface area contributed by atoms with Gasteiger partial charge in [0.05, 0.1) is 6.20 Å². The number of hydrogen-bond acceptors (Lipinski definition) is 7. The highest BCUT2D eigenvalue weighted by atomic mass is 15.4. The molecule has 25 heavy (non-hydrogen) atoms. The van der Waals surface area contributed by atoms with Crippen molar-refractivity contribution in [2.75, 3.05) is 36.0 Å². The van der Waals surface area contributed by atoms with Crippen LogP contribution < -0.4 is 9.80 Å². The largest absolute Gasteiger partial charge is 0.353 e. The highest BCUT2D eigenvalue weighted by Gasteiger charge is 2.22. The van der Waals surface area contributed by atoms with Crippen LogP contribution in [0.1, 0.15) is 5.69 Å². The van der Waals surface area contributed by atoms with E-state index in [1.165, 1.54) is 0 Å². The van der Waals surface area contributed by atoms with Gasteiger partial charge in [0, 0.05) is 56.4 Å². The molecule has 9 nitrogen and oxygen atoms in total. The molecule has 0 aliphatic carbocycles. The molecule has 0 radical (unpaired) electrons. The van der Waals surface area contributed by atoms with Gasteiger partial charge in [0.25, 0.3) is 0 Å². The number of fused-ring (bicyclic) bond motifs is 2. The van der Waals surface area contributed by atoms with Crippen molar-refractivity contribution in [3.05, 3.63) is 42.7 Å². The Balaban J connectivity index is 1.43. The summed E-state index contributed by atoms with van der Waals surface area (Å²) < 4.78 is 3.80. The molecule has 5 heterocycles. The molecule has 4 aromatic heterocycles. The lowest BCUT2D eigenvalue weighted by Crippen LogP contribution is -2.47. The lowest BCUT2D eigenvalue weighted by molar-refractivity contribution is 0.633. The molecule has 1 saturated heterocycles. The molecule has 0 aromatic carbocycles. The second kappa shape index (κ2) is 5.40. The van der Waals surface area contributed by atoms with Crippen LogP contribution >= 0.6 is 0 Å². The molecule has 1 aliphatic rings. The van der Waals surface area contributed by atoms with E-state index in [2.05, 4.69) is 41.1 Å². The first-order valence-electron chi connectivity index (χ1n) is 8.25. The number of hydrogen-bond donors (Lipinski definition) is 0. The number of rotatable bonds is 2. The molecule has 126 valence electrons. The number of aromatic nitrogens is 7. The number of anilines is 2. The average molecular weight is 335 g/mol. The summed E-state index contributed by atoms with van der Waals surface area (Å²) in [7, 11) is 0. The Morgan fingerprint density at radius 1 is 1.04 bits per heavy atom. The third-order valence-electron chi connectivity index (χ3n) is 4.57. The second-order valence-electron chi connectivity index (χ2n) is 6.14. The molecule has 4 aromatic rings. The molecule has 0 saturated carbocycles. The van der Waals surface area contributed by atoms with Gasteiger partial charge in [0.2, 0.25) is 5.65 Å². The van der Waals surface area contributed by atoms with Crippen molar-refractivity contribution in [3.63, 3.8) is 0 Å². The highest BCUT2D eigenvalue weighted by Crippen LogP contribution is 2.22. The first-order chi connectivity index (χ1) is 12.3. The molecule has 1 aliphatic heterocycles. The van der Waals surface area contributed by atoms with E-state index in [-0.39, 0.29) is 0 Å². The van der Waals surface area contributed by atoms with Gasteiger partial charge in [-0.2, -0.15) is 9.61 Å². The smallest absolute Gasteiger partial charge is 0.203 e. The Morgan fingerprint density at radius 3 is 2.76 bits per heavy atom. The average Bonchev–Trinajstić information content (AvgIpc) is 3.29. The summed E-state index contributed by atoms with van der Waals surface area (Å²) in [6.45, 7) is 5.51. The van der Waals surface area contributed by atoms with Crippen LogP contribution in [0.15, 0.2) is 37.1 Å². The van der Waals surface area contributed by atoms with Gasteiger partial charge >= 0.3 is 0 Å². The van der Waals surface area contributed by atoms with Crippen LogP contribution in [0.2, 0.25) is 0 Å². The molecule has 0 amide bonds. The predicted octanol–water partition coefficient (Wildman–Crippen LogP) is 0.802. The van der Waals surface area contributed by atoms with Crippen molar-refractivity contribution in [3.8, 4) is 0 Å². The van der Waals surface area contributed by atoms with E-state index in [1.807, 2.05) is 28.1 Å². The molecule has 0 unspecified atom stereocenters. The summed E-state index contributed by atoms with van der Waals surface area (Å²) in [5.74, 6) is 1.97. The fraction of sp³-hybridized carbons (Fsp3) is 0.312. The van der Waals surface area contributed by atoms with Gasteiger partial charge in [-0.1, -0.05) is 0 Å². The summed E-state index contributed by atoms with van der Waals surface area (Å²) in [5, 5.41) is 12.6. The van der Waals surface area contributed by atoms with E-state index in [0.29, 0.717) is 0 Å². The van der Waals surface area contributed by atoms with Crippen LogP contribution in [0.3, 0.4) is 0 Å². The van der Waals surface area contributed by atoms with Crippen molar-refractivity contribution < 1.29 is 0 Å². The van der Waals surface area contributed by atoms with E-state index in [9.17, 15) is 0 Å². The van der Waals surface area contributed by atoms with Crippen LogP contribution in [0.5, 0.6) is 0 Å². The number of piperazine rings is 1. The predicted molar refractivity (Wildman–Crippen MR) is 92.9 cm³/mol. The van der Waals surface area contributed by atoms with E-state index < -0.39 is 0 Å². The van der Waals surface area contributed by atoms with E-state index in [0.717, 1.165) is 54.8 Å². The Labute approximate surface area is 143 Å².